The number of para-hydroxylation sites is 2. The van der Waals surface area contributed by atoms with Crippen LogP contribution in [-0.4, -0.2) is 47.9 Å². The molecule has 0 unspecified atom stereocenters. The number of nitrogens with one attached hydrogen (secondary N) is 1. The second-order valence-electron chi connectivity index (χ2n) is 10.0. The monoisotopic (exact) mass is 576 g/mol. The second kappa shape index (κ2) is 14.8. The minimum absolute atomic E-state index is 0.195. The fourth-order valence-electron chi connectivity index (χ4n) is 4.98. The van der Waals surface area contributed by atoms with Gasteiger partial charge in [0.1, 0.15) is 29.2 Å². The summed E-state index contributed by atoms with van der Waals surface area (Å²) in [6.07, 6.45) is 3.61. The molecule has 0 spiro atoms. The summed E-state index contributed by atoms with van der Waals surface area (Å²) in [6, 6.07) is 37.9. The van der Waals surface area contributed by atoms with Gasteiger partial charge in [-0.25, -0.2) is 4.79 Å². The number of carbonyl (C=O) groups excluding carboxylic acids is 1. The molecule has 43 heavy (non-hydrogen) atoms. The molecule has 0 amide bonds. The molecule has 5 rings (SSSR count). The number of hydrogen-bond donors (Lipinski definition) is 1. The summed E-state index contributed by atoms with van der Waals surface area (Å²) < 4.78 is 18.0. The predicted molar refractivity (Wildman–Crippen MR) is 166 cm³/mol. The molecule has 1 heterocycles. The van der Waals surface area contributed by atoms with E-state index in [9.17, 15) is 4.79 Å². The van der Waals surface area contributed by atoms with E-state index in [2.05, 4.69) is 46.9 Å². The minimum Gasteiger partial charge on any atom is -0.493 e. The van der Waals surface area contributed by atoms with E-state index in [4.69, 9.17) is 19.3 Å². The Morgan fingerprint density at radius 1 is 0.767 bits per heavy atom. The van der Waals surface area contributed by atoms with Crippen LogP contribution in [0.5, 0.6) is 5.75 Å². The fourth-order valence-corrected chi connectivity index (χ4v) is 4.98. The summed E-state index contributed by atoms with van der Waals surface area (Å²) in [5, 5.41) is 13.0. The van der Waals surface area contributed by atoms with Crippen LogP contribution in [0.4, 0.5) is 5.69 Å². The Balaban J connectivity index is 1.29. The maximum absolute atomic E-state index is 12.4. The first-order chi connectivity index (χ1) is 21.2. The zero-order valence-corrected chi connectivity index (χ0v) is 24.3. The molecule has 0 aliphatic heterocycles. The van der Waals surface area contributed by atoms with Gasteiger partial charge < -0.3 is 19.5 Å². The van der Waals surface area contributed by atoms with Crippen LogP contribution in [0.15, 0.2) is 121 Å². The van der Waals surface area contributed by atoms with Gasteiger partial charge in [-0.2, -0.15) is 0 Å². The zero-order chi connectivity index (χ0) is 29.7. The van der Waals surface area contributed by atoms with Crippen molar-refractivity contribution in [2.24, 2.45) is 0 Å². The van der Waals surface area contributed by atoms with Gasteiger partial charge in [0.05, 0.1) is 19.4 Å². The van der Waals surface area contributed by atoms with Gasteiger partial charge in [0.2, 0.25) is 0 Å². The van der Waals surface area contributed by atoms with Crippen LogP contribution in [0.3, 0.4) is 0 Å². The van der Waals surface area contributed by atoms with Crippen LogP contribution in [0, 0.1) is 0 Å². The highest BCUT2D eigenvalue weighted by Gasteiger charge is 2.39. The zero-order valence-electron chi connectivity index (χ0n) is 24.3. The van der Waals surface area contributed by atoms with E-state index in [0.29, 0.717) is 31.1 Å². The summed E-state index contributed by atoms with van der Waals surface area (Å²) in [7, 11) is 1.57. The van der Waals surface area contributed by atoms with Gasteiger partial charge in [0.25, 0.3) is 0 Å². The molecule has 1 N–H and O–H groups in total. The first-order valence-corrected chi connectivity index (χ1v) is 14.4. The standard InChI is InChI=1S/C35H36N4O4/c1-41-25-26-43-34(40)31-21-11-12-22-32(31)42-24-14-13-23-39-27-33(37-38-39)35(28-15-5-2-6-16-28,29-17-7-3-8-18-29)36-30-19-9-4-10-20-30/h2-12,15-22,27,36H,13-14,23-26H2,1H3. The molecule has 4 aromatic carbocycles. The molecule has 0 atom stereocenters. The first kappa shape index (κ1) is 29.5. The lowest BCUT2D eigenvalue weighted by atomic mass is 9.80. The van der Waals surface area contributed by atoms with E-state index in [1.54, 1.807) is 25.3 Å². The lowest BCUT2D eigenvalue weighted by Crippen LogP contribution is -2.38. The van der Waals surface area contributed by atoms with Crippen LogP contribution in [-0.2, 0) is 21.6 Å². The molecule has 0 saturated heterocycles. The maximum atomic E-state index is 12.4. The van der Waals surface area contributed by atoms with E-state index in [1.807, 2.05) is 71.5 Å². The van der Waals surface area contributed by atoms with Crippen molar-refractivity contribution in [3.8, 4) is 5.75 Å². The normalized spacial score (nSPS) is 11.2. The fraction of sp³-hybridized carbons (Fsp3) is 0.229. The van der Waals surface area contributed by atoms with Gasteiger partial charge in [-0.05, 0) is 48.2 Å². The molecule has 0 saturated carbocycles. The Morgan fingerprint density at radius 3 is 2.07 bits per heavy atom. The number of nitrogens with zero attached hydrogens (tertiary/aromatic N) is 3. The SMILES string of the molecule is COCCOC(=O)c1ccccc1OCCCCn1cc(C(Nc2ccccc2)(c2ccccc2)c2ccccc2)nn1. The molecule has 8 nitrogen and oxygen atoms in total. The highest BCUT2D eigenvalue weighted by atomic mass is 16.6. The molecule has 0 radical (unpaired) electrons. The van der Waals surface area contributed by atoms with Crippen LogP contribution in [0.25, 0.3) is 0 Å². The number of anilines is 1. The van der Waals surface area contributed by atoms with Gasteiger partial charge in [0, 0.05) is 19.3 Å². The highest BCUT2D eigenvalue weighted by Crippen LogP contribution is 2.39. The lowest BCUT2D eigenvalue weighted by Gasteiger charge is -2.35. The number of ether oxygens (including phenoxy) is 3. The molecule has 0 fully saturated rings. The van der Waals surface area contributed by atoms with Crippen LogP contribution < -0.4 is 10.1 Å². The largest absolute Gasteiger partial charge is 0.493 e. The average Bonchev–Trinajstić information content (AvgIpc) is 3.54. The number of hydrogen-bond acceptors (Lipinski definition) is 7. The molecule has 8 heteroatoms. The van der Waals surface area contributed by atoms with Crippen LogP contribution in [0.2, 0.25) is 0 Å². The van der Waals surface area contributed by atoms with Crippen molar-refractivity contribution >= 4 is 11.7 Å². The molecule has 5 aromatic rings. The Bertz CT molecular complexity index is 1520. The van der Waals surface area contributed by atoms with Crippen LogP contribution >= 0.6 is 0 Å². The molecular formula is C35H36N4O4. The summed E-state index contributed by atoms with van der Waals surface area (Å²) in [5.74, 6) is 0.0858. The maximum Gasteiger partial charge on any atom is 0.342 e. The second-order valence-corrected chi connectivity index (χ2v) is 10.0. The molecule has 1 aromatic heterocycles. The number of rotatable bonds is 15. The van der Waals surface area contributed by atoms with E-state index < -0.39 is 11.5 Å². The number of carbonyl (C=O) groups is 1. The van der Waals surface area contributed by atoms with Gasteiger partial charge in [-0.15, -0.1) is 5.10 Å². The number of unbranched alkanes of at least 4 members (excludes halogenated alkanes) is 1. The highest BCUT2D eigenvalue weighted by molar-refractivity contribution is 5.92. The Labute approximate surface area is 252 Å². The molecule has 0 aliphatic rings. The van der Waals surface area contributed by atoms with E-state index >= 15 is 0 Å². The topological polar surface area (TPSA) is 87.5 Å². The Hall–Kier alpha value is -4.95. The Morgan fingerprint density at radius 2 is 1.40 bits per heavy atom. The number of methoxy groups -OCH3 is 1. The predicted octanol–water partition coefficient (Wildman–Crippen LogP) is 6.34. The third-order valence-corrected chi connectivity index (χ3v) is 7.11. The summed E-state index contributed by atoms with van der Waals surface area (Å²) >= 11 is 0. The molecule has 0 aliphatic carbocycles. The van der Waals surface area contributed by atoms with Crippen molar-refractivity contribution in [2.75, 3.05) is 32.2 Å². The molecular weight excluding hydrogens is 540 g/mol. The molecule has 220 valence electrons. The lowest BCUT2D eigenvalue weighted by molar-refractivity contribution is 0.0384. The summed E-state index contributed by atoms with van der Waals surface area (Å²) in [6.45, 7) is 1.67. The summed E-state index contributed by atoms with van der Waals surface area (Å²) in [5.41, 5.74) is 3.54. The van der Waals surface area contributed by atoms with Crippen molar-refractivity contribution in [1.29, 1.82) is 0 Å². The van der Waals surface area contributed by atoms with E-state index in [0.717, 1.165) is 35.3 Å². The van der Waals surface area contributed by atoms with Gasteiger partial charge >= 0.3 is 5.97 Å². The van der Waals surface area contributed by atoms with Crippen molar-refractivity contribution in [1.82, 2.24) is 15.0 Å². The first-order valence-electron chi connectivity index (χ1n) is 14.4. The Kier molecular flexibility index (Phi) is 10.2. The average molecular weight is 577 g/mol. The minimum atomic E-state index is -0.757. The van der Waals surface area contributed by atoms with Crippen molar-refractivity contribution < 1.29 is 19.0 Å². The number of aromatic nitrogens is 3. The van der Waals surface area contributed by atoms with Crippen molar-refractivity contribution in [3.63, 3.8) is 0 Å². The van der Waals surface area contributed by atoms with Crippen molar-refractivity contribution in [2.45, 2.75) is 24.9 Å². The van der Waals surface area contributed by atoms with Gasteiger partial charge in [0.15, 0.2) is 0 Å². The number of benzene rings is 4. The van der Waals surface area contributed by atoms with Crippen LogP contribution in [0.1, 0.15) is 40.0 Å². The third kappa shape index (κ3) is 7.28. The quantitative estimate of drug-likeness (QED) is 0.115. The number of esters is 1. The van der Waals surface area contributed by atoms with E-state index in [1.165, 1.54) is 0 Å². The molecule has 0 bridgehead atoms. The van der Waals surface area contributed by atoms with Gasteiger partial charge in [-0.3, -0.25) is 4.68 Å². The van der Waals surface area contributed by atoms with E-state index in [-0.39, 0.29) is 6.61 Å². The summed E-state index contributed by atoms with van der Waals surface area (Å²) in [4.78, 5) is 12.4. The third-order valence-electron chi connectivity index (χ3n) is 7.11. The van der Waals surface area contributed by atoms with Crippen molar-refractivity contribution in [3.05, 3.63) is 144 Å². The van der Waals surface area contributed by atoms with Gasteiger partial charge in [-0.1, -0.05) is 96.2 Å². The number of aryl methyl sites for hydroxylation is 1. The smallest absolute Gasteiger partial charge is 0.342 e.